The number of halogens is 4. The van der Waals surface area contributed by atoms with Gasteiger partial charge in [0, 0.05) is 24.5 Å². The van der Waals surface area contributed by atoms with E-state index in [0.29, 0.717) is 6.20 Å². The highest BCUT2D eigenvalue weighted by Gasteiger charge is 2.34. The van der Waals surface area contributed by atoms with Crippen LogP contribution in [0.1, 0.15) is 22.6 Å². The zero-order valence-electron chi connectivity index (χ0n) is 9.87. The van der Waals surface area contributed by atoms with Gasteiger partial charge in [0.05, 0.1) is 0 Å². The van der Waals surface area contributed by atoms with Crippen molar-refractivity contribution in [3.05, 3.63) is 52.3 Å². The average Bonchev–Trinajstić information content (AvgIpc) is 2.30. The van der Waals surface area contributed by atoms with Gasteiger partial charge < -0.3 is 0 Å². The summed E-state index contributed by atoms with van der Waals surface area (Å²) < 4.78 is 37.4. The molecule has 0 saturated carbocycles. The van der Waals surface area contributed by atoms with E-state index in [1.807, 2.05) is 13.0 Å². The van der Waals surface area contributed by atoms with E-state index in [1.54, 1.807) is 12.3 Å². The topological polar surface area (TPSA) is 38.7 Å². The predicted octanol–water partition coefficient (Wildman–Crippen LogP) is 3.44. The molecule has 0 aliphatic rings. The van der Waals surface area contributed by atoms with Crippen molar-refractivity contribution in [3.8, 4) is 0 Å². The fourth-order valence-corrected chi connectivity index (χ4v) is 1.71. The number of nitrogens with zero attached hydrogens (tertiary/aromatic N) is 3. The molecule has 0 saturated heterocycles. The van der Waals surface area contributed by atoms with Gasteiger partial charge in [-0.1, -0.05) is 17.7 Å². The van der Waals surface area contributed by atoms with E-state index >= 15 is 0 Å². The van der Waals surface area contributed by atoms with Gasteiger partial charge in [-0.25, -0.2) is 9.97 Å². The van der Waals surface area contributed by atoms with E-state index < -0.39 is 16.9 Å². The molecule has 2 aromatic rings. The van der Waals surface area contributed by atoms with Crippen molar-refractivity contribution in [1.82, 2.24) is 15.0 Å². The Hall–Kier alpha value is -1.69. The van der Waals surface area contributed by atoms with Crippen LogP contribution >= 0.6 is 11.6 Å². The Kier molecular flexibility index (Phi) is 3.71. The molecule has 0 bridgehead atoms. The normalized spacial score (nSPS) is 11.6. The summed E-state index contributed by atoms with van der Waals surface area (Å²) in [6.45, 7) is 1.84. The van der Waals surface area contributed by atoms with E-state index in [0.717, 1.165) is 11.3 Å². The van der Waals surface area contributed by atoms with Crippen LogP contribution in [-0.4, -0.2) is 15.0 Å². The summed E-state index contributed by atoms with van der Waals surface area (Å²) in [4.78, 5) is 11.4. The van der Waals surface area contributed by atoms with Gasteiger partial charge in [-0.3, -0.25) is 4.98 Å². The molecule has 2 rings (SSSR count). The van der Waals surface area contributed by atoms with Crippen LogP contribution in [-0.2, 0) is 12.6 Å². The Balaban J connectivity index is 2.23. The highest BCUT2D eigenvalue weighted by atomic mass is 35.5. The van der Waals surface area contributed by atoms with Gasteiger partial charge in [0.2, 0.25) is 0 Å². The van der Waals surface area contributed by atoms with Crippen molar-refractivity contribution in [2.75, 3.05) is 0 Å². The van der Waals surface area contributed by atoms with Crippen LogP contribution in [0.2, 0.25) is 5.15 Å². The zero-order valence-corrected chi connectivity index (χ0v) is 10.6. The lowest BCUT2D eigenvalue weighted by molar-refractivity contribution is -0.138. The molecule has 0 radical (unpaired) electrons. The summed E-state index contributed by atoms with van der Waals surface area (Å²) >= 11 is 5.52. The maximum atomic E-state index is 12.5. The van der Waals surface area contributed by atoms with Crippen LogP contribution in [0.25, 0.3) is 0 Å². The monoisotopic (exact) mass is 287 g/mol. The molecule has 19 heavy (non-hydrogen) atoms. The van der Waals surface area contributed by atoms with Crippen LogP contribution in [0.3, 0.4) is 0 Å². The minimum absolute atomic E-state index is 0.226. The highest BCUT2D eigenvalue weighted by molar-refractivity contribution is 6.30. The first kappa shape index (κ1) is 13.7. The number of aromatic nitrogens is 3. The Labute approximate surface area is 112 Å². The molecule has 0 amide bonds. The standard InChI is InChI=1S/C12H9ClF3N3/c1-7-2-3-8(5-17-7)4-10-18-6-9(11(13)19-10)12(14,15)16/h2-3,5-6H,4H2,1H3. The zero-order chi connectivity index (χ0) is 14.0. The number of hydrogen-bond donors (Lipinski definition) is 0. The average molecular weight is 288 g/mol. The molecule has 100 valence electrons. The van der Waals surface area contributed by atoms with Gasteiger partial charge in [-0.2, -0.15) is 13.2 Å². The Bertz CT molecular complexity index is 582. The molecule has 3 nitrogen and oxygen atoms in total. The Morgan fingerprint density at radius 2 is 1.89 bits per heavy atom. The second kappa shape index (κ2) is 5.13. The van der Waals surface area contributed by atoms with Gasteiger partial charge >= 0.3 is 6.18 Å². The third kappa shape index (κ3) is 3.41. The van der Waals surface area contributed by atoms with Crippen molar-refractivity contribution in [1.29, 1.82) is 0 Å². The lowest BCUT2D eigenvalue weighted by Gasteiger charge is -2.08. The summed E-state index contributed by atoms with van der Waals surface area (Å²) in [7, 11) is 0. The SMILES string of the molecule is Cc1ccc(Cc2ncc(C(F)(F)F)c(Cl)n2)cn1. The number of pyridine rings is 1. The van der Waals surface area contributed by atoms with Crippen LogP contribution in [0.4, 0.5) is 13.2 Å². The highest BCUT2D eigenvalue weighted by Crippen LogP contribution is 2.32. The molecule has 0 unspecified atom stereocenters. The van der Waals surface area contributed by atoms with E-state index in [-0.39, 0.29) is 12.2 Å². The van der Waals surface area contributed by atoms with Crippen molar-refractivity contribution >= 4 is 11.6 Å². The second-order valence-electron chi connectivity index (χ2n) is 3.97. The van der Waals surface area contributed by atoms with Crippen LogP contribution in [0, 0.1) is 6.92 Å². The summed E-state index contributed by atoms with van der Waals surface area (Å²) in [6.07, 6.45) is -1.93. The molecular formula is C12H9ClF3N3. The van der Waals surface area contributed by atoms with Crippen molar-refractivity contribution in [2.45, 2.75) is 19.5 Å². The number of aryl methyl sites for hydroxylation is 1. The van der Waals surface area contributed by atoms with E-state index in [4.69, 9.17) is 11.6 Å². The largest absolute Gasteiger partial charge is 0.420 e. The molecule has 0 atom stereocenters. The Morgan fingerprint density at radius 1 is 1.16 bits per heavy atom. The van der Waals surface area contributed by atoms with E-state index in [9.17, 15) is 13.2 Å². The number of hydrogen-bond acceptors (Lipinski definition) is 3. The first-order valence-electron chi connectivity index (χ1n) is 5.36. The summed E-state index contributed by atoms with van der Waals surface area (Å²) in [5.74, 6) is 0.226. The quantitative estimate of drug-likeness (QED) is 0.794. The third-order valence-electron chi connectivity index (χ3n) is 2.43. The molecule has 2 heterocycles. The molecule has 0 N–H and O–H groups in total. The van der Waals surface area contributed by atoms with Crippen molar-refractivity contribution in [3.63, 3.8) is 0 Å². The third-order valence-corrected chi connectivity index (χ3v) is 2.72. The molecule has 0 aliphatic carbocycles. The summed E-state index contributed by atoms with van der Waals surface area (Å²) in [5, 5.41) is -0.586. The van der Waals surface area contributed by atoms with Crippen LogP contribution in [0.15, 0.2) is 24.5 Å². The maximum absolute atomic E-state index is 12.5. The van der Waals surface area contributed by atoms with Crippen LogP contribution in [0.5, 0.6) is 0 Å². The molecule has 0 spiro atoms. The summed E-state index contributed by atoms with van der Waals surface area (Å²) in [5.41, 5.74) is 0.636. The number of rotatable bonds is 2. The first-order chi connectivity index (χ1) is 8.86. The minimum Gasteiger partial charge on any atom is -0.261 e. The van der Waals surface area contributed by atoms with Gasteiger partial charge in [0.1, 0.15) is 16.5 Å². The van der Waals surface area contributed by atoms with Gasteiger partial charge in [0.25, 0.3) is 0 Å². The summed E-state index contributed by atoms with van der Waals surface area (Å²) in [6, 6.07) is 3.62. The lowest BCUT2D eigenvalue weighted by atomic mass is 10.2. The van der Waals surface area contributed by atoms with Crippen molar-refractivity contribution < 1.29 is 13.2 Å². The molecule has 0 fully saturated rings. The van der Waals surface area contributed by atoms with Gasteiger partial charge in [0.15, 0.2) is 0 Å². The molecule has 2 aromatic heterocycles. The number of alkyl halides is 3. The van der Waals surface area contributed by atoms with Gasteiger partial charge in [-0.15, -0.1) is 0 Å². The molecule has 7 heteroatoms. The minimum atomic E-state index is -4.54. The van der Waals surface area contributed by atoms with Gasteiger partial charge in [-0.05, 0) is 18.6 Å². The molecule has 0 aromatic carbocycles. The Morgan fingerprint density at radius 3 is 2.42 bits per heavy atom. The van der Waals surface area contributed by atoms with Crippen LogP contribution < -0.4 is 0 Å². The maximum Gasteiger partial charge on any atom is 0.420 e. The fourth-order valence-electron chi connectivity index (χ4n) is 1.46. The molecular weight excluding hydrogens is 279 g/mol. The smallest absolute Gasteiger partial charge is 0.261 e. The predicted molar refractivity (Wildman–Crippen MR) is 63.8 cm³/mol. The molecule has 0 aliphatic heterocycles. The first-order valence-corrected chi connectivity index (χ1v) is 5.74. The van der Waals surface area contributed by atoms with E-state index in [1.165, 1.54) is 0 Å². The fraction of sp³-hybridized carbons (Fsp3) is 0.250. The second-order valence-corrected chi connectivity index (χ2v) is 4.33. The van der Waals surface area contributed by atoms with Crippen molar-refractivity contribution in [2.24, 2.45) is 0 Å². The lowest BCUT2D eigenvalue weighted by Crippen LogP contribution is -2.09. The van der Waals surface area contributed by atoms with E-state index in [2.05, 4.69) is 15.0 Å².